The van der Waals surface area contributed by atoms with Crippen molar-refractivity contribution in [3.05, 3.63) is 33.5 Å². The number of carbonyl (C=O) groups excluding carboxylic acids is 1. The topological polar surface area (TPSA) is 100 Å². The normalized spacial score (nSPS) is 17.7. The Hall–Kier alpha value is -2.47. The van der Waals surface area contributed by atoms with Gasteiger partial charge in [0.15, 0.2) is 0 Å². The van der Waals surface area contributed by atoms with E-state index in [9.17, 15) is 18.0 Å². The summed E-state index contributed by atoms with van der Waals surface area (Å²) in [6.45, 7) is 8.92. The number of aliphatic carboxylic acids is 1. The number of hydrogen-bond acceptors (Lipinski definition) is 6. The molecule has 4 rings (SSSR count). The molecule has 1 amide bonds. The molecule has 0 radical (unpaired) electrons. The van der Waals surface area contributed by atoms with Crippen LogP contribution >= 0.6 is 11.3 Å². The van der Waals surface area contributed by atoms with Crippen molar-refractivity contribution in [2.24, 2.45) is 5.41 Å². The Labute approximate surface area is 193 Å². The molecule has 0 unspecified atom stereocenters. The number of likely N-dealkylation sites (tertiary alicyclic amines) is 1. The third-order valence-corrected chi connectivity index (χ3v) is 7.06. The Morgan fingerprint density at radius 1 is 1.21 bits per heavy atom. The standard InChI is InChI=1S/C19H27N5OS.C2HF3O2/c1-3-20-18(25)17-22-21-16-6-7-19(13-24(16)17)8-10-23(11-9-19)12-15-5-4-14(2)26-15;3-2(4,5)1(6)7/h4-5H,3,6-13H2,1-2H3,(H,20,25);(H,6,7). The van der Waals surface area contributed by atoms with Crippen molar-refractivity contribution in [3.63, 3.8) is 0 Å². The van der Waals surface area contributed by atoms with Crippen molar-refractivity contribution in [1.29, 1.82) is 0 Å². The Balaban J connectivity index is 0.000000383. The number of alkyl halides is 3. The number of rotatable bonds is 4. The van der Waals surface area contributed by atoms with Gasteiger partial charge in [0.05, 0.1) is 0 Å². The van der Waals surface area contributed by atoms with Gasteiger partial charge in [-0.1, -0.05) is 0 Å². The van der Waals surface area contributed by atoms with Crippen LogP contribution in [0.25, 0.3) is 0 Å². The van der Waals surface area contributed by atoms with Gasteiger partial charge in [0.2, 0.25) is 5.82 Å². The predicted molar refractivity (Wildman–Crippen MR) is 116 cm³/mol. The van der Waals surface area contributed by atoms with Gasteiger partial charge in [0.25, 0.3) is 5.91 Å². The second-order valence-corrected chi connectivity index (χ2v) is 9.85. The molecule has 2 N–H and O–H groups in total. The summed E-state index contributed by atoms with van der Waals surface area (Å²) in [5.41, 5.74) is 0.290. The monoisotopic (exact) mass is 487 g/mol. The van der Waals surface area contributed by atoms with Gasteiger partial charge in [0.1, 0.15) is 5.82 Å². The van der Waals surface area contributed by atoms with Crippen molar-refractivity contribution >= 4 is 23.2 Å². The van der Waals surface area contributed by atoms with Crippen LogP contribution < -0.4 is 5.32 Å². The fourth-order valence-electron chi connectivity index (χ4n) is 4.27. The molecule has 182 valence electrons. The van der Waals surface area contributed by atoms with E-state index in [-0.39, 0.29) is 5.91 Å². The quantitative estimate of drug-likeness (QED) is 0.687. The van der Waals surface area contributed by atoms with E-state index < -0.39 is 12.1 Å². The van der Waals surface area contributed by atoms with E-state index in [1.165, 1.54) is 22.6 Å². The summed E-state index contributed by atoms with van der Waals surface area (Å²) in [5.74, 6) is -1.41. The lowest BCUT2D eigenvalue weighted by Crippen LogP contribution is -2.44. The first kappa shape index (κ1) is 25.2. The highest BCUT2D eigenvalue weighted by molar-refractivity contribution is 7.11. The fraction of sp³-hybridized carbons (Fsp3) is 0.619. The first-order chi connectivity index (χ1) is 15.5. The van der Waals surface area contributed by atoms with Crippen LogP contribution in [0.1, 0.15) is 52.4 Å². The minimum Gasteiger partial charge on any atom is -0.475 e. The number of aromatic nitrogens is 3. The molecule has 1 fully saturated rings. The van der Waals surface area contributed by atoms with E-state index in [0.29, 0.717) is 17.8 Å². The average molecular weight is 488 g/mol. The molecule has 33 heavy (non-hydrogen) atoms. The SMILES string of the molecule is CCNC(=O)c1nnc2n1CC1(CC2)CCN(Cc2ccc(C)s2)CC1.O=C(O)C(F)(F)F. The van der Waals surface area contributed by atoms with Crippen molar-refractivity contribution in [3.8, 4) is 0 Å². The first-order valence-electron chi connectivity index (χ1n) is 10.8. The van der Waals surface area contributed by atoms with E-state index in [1.54, 1.807) is 0 Å². The van der Waals surface area contributed by atoms with E-state index in [2.05, 4.69) is 44.0 Å². The molecule has 0 aromatic carbocycles. The molecule has 0 bridgehead atoms. The van der Waals surface area contributed by atoms with Crippen LogP contribution in [-0.4, -0.2) is 62.5 Å². The van der Waals surface area contributed by atoms with Crippen LogP contribution in [0.4, 0.5) is 13.2 Å². The lowest BCUT2D eigenvalue weighted by atomic mass is 9.73. The molecular weight excluding hydrogens is 459 g/mol. The highest BCUT2D eigenvalue weighted by Crippen LogP contribution is 2.41. The van der Waals surface area contributed by atoms with Gasteiger partial charge in [-0.3, -0.25) is 9.69 Å². The number of carbonyl (C=O) groups is 2. The largest absolute Gasteiger partial charge is 0.490 e. The van der Waals surface area contributed by atoms with Crippen LogP contribution in [0.15, 0.2) is 12.1 Å². The smallest absolute Gasteiger partial charge is 0.475 e. The van der Waals surface area contributed by atoms with Crippen LogP contribution in [0.2, 0.25) is 0 Å². The summed E-state index contributed by atoms with van der Waals surface area (Å²) in [7, 11) is 0. The summed E-state index contributed by atoms with van der Waals surface area (Å²) < 4.78 is 33.8. The van der Waals surface area contributed by atoms with E-state index >= 15 is 0 Å². The number of halogens is 3. The first-order valence-corrected chi connectivity index (χ1v) is 11.6. The molecule has 0 saturated carbocycles. The van der Waals surface area contributed by atoms with Crippen LogP contribution in [0.3, 0.4) is 0 Å². The molecule has 8 nitrogen and oxygen atoms in total. The molecular formula is C21H28F3N5O3S. The number of nitrogens with one attached hydrogen (secondary N) is 1. The van der Waals surface area contributed by atoms with Crippen LogP contribution in [0, 0.1) is 12.3 Å². The molecule has 12 heteroatoms. The maximum Gasteiger partial charge on any atom is 0.490 e. The Kier molecular flexibility index (Phi) is 7.78. The van der Waals surface area contributed by atoms with Gasteiger partial charge in [-0.05, 0) is 63.7 Å². The number of nitrogens with zero attached hydrogens (tertiary/aromatic N) is 4. The Morgan fingerprint density at radius 3 is 2.42 bits per heavy atom. The second-order valence-electron chi connectivity index (χ2n) is 8.48. The van der Waals surface area contributed by atoms with Crippen molar-refractivity contribution < 1.29 is 27.9 Å². The number of hydrogen-bond donors (Lipinski definition) is 2. The zero-order valence-electron chi connectivity index (χ0n) is 18.6. The fourth-order valence-corrected chi connectivity index (χ4v) is 5.20. The molecule has 2 aromatic heterocycles. The maximum atomic E-state index is 12.3. The summed E-state index contributed by atoms with van der Waals surface area (Å²) in [6.07, 6.45) is -0.628. The van der Waals surface area contributed by atoms with Crippen molar-refractivity contribution in [1.82, 2.24) is 25.0 Å². The minimum absolute atomic E-state index is 0.103. The molecule has 1 spiro atoms. The predicted octanol–water partition coefficient (Wildman–Crippen LogP) is 3.26. The Bertz CT molecular complexity index is 980. The lowest BCUT2D eigenvalue weighted by molar-refractivity contribution is -0.192. The highest BCUT2D eigenvalue weighted by Gasteiger charge is 2.40. The van der Waals surface area contributed by atoms with Crippen LogP contribution in [0.5, 0.6) is 0 Å². The maximum absolute atomic E-state index is 12.3. The summed E-state index contributed by atoms with van der Waals surface area (Å²) in [6, 6.07) is 4.47. The average Bonchev–Trinajstić information content (AvgIpc) is 3.35. The van der Waals surface area contributed by atoms with Gasteiger partial charge in [0, 0.05) is 35.8 Å². The zero-order valence-corrected chi connectivity index (χ0v) is 19.4. The number of carboxylic acids is 1. The number of fused-ring (bicyclic) bond motifs is 1. The molecule has 0 atom stereocenters. The van der Waals surface area contributed by atoms with Crippen LogP contribution in [-0.2, 0) is 24.3 Å². The zero-order chi connectivity index (χ0) is 24.2. The number of piperidine rings is 1. The molecule has 2 aliphatic rings. The van der Waals surface area contributed by atoms with Gasteiger partial charge in [-0.25, -0.2) is 4.79 Å². The lowest BCUT2D eigenvalue weighted by Gasteiger charge is -2.44. The third kappa shape index (κ3) is 6.32. The molecule has 2 aromatic rings. The molecule has 1 saturated heterocycles. The molecule has 2 aliphatic heterocycles. The third-order valence-electron chi connectivity index (χ3n) is 6.07. The van der Waals surface area contributed by atoms with E-state index in [0.717, 1.165) is 44.8 Å². The second kappa shape index (κ2) is 10.2. The van der Waals surface area contributed by atoms with Crippen molar-refractivity contribution in [2.45, 2.75) is 58.8 Å². The summed E-state index contributed by atoms with van der Waals surface area (Å²) in [4.78, 5) is 26.6. The van der Waals surface area contributed by atoms with Gasteiger partial charge in [-0.2, -0.15) is 13.2 Å². The van der Waals surface area contributed by atoms with E-state index in [4.69, 9.17) is 9.90 Å². The van der Waals surface area contributed by atoms with Crippen molar-refractivity contribution in [2.75, 3.05) is 19.6 Å². The molecule has 0 aliphatic carbocycles. The number of aryl methyl sites for hydroxylation is 2. The number of carboxylic acid groups (broad SMARTS) is 1. The van der Waals surface area contributed by atoms with E-state index in [1.807, 2.05) is 18.3 Å². The minimum atomic E-state index is -5.08. The van der Waals surface area contributed by atoms with Gasteiger partial charge in [-0.15, -0.1) is 21.5 Å². The number of thiophene rings is 1. The van der Waals surface area contributed by atoms with Gasteiger partial charge >= 0.3 is 12.1 Å². The highest BCUT2D eigenvalue weighted by atomic mass is 32.1. The summed E-state index contributed by atoms with van der Waals surface area (Å²) in [5, 5.41) is 18.4. The summed E-state index contributed by atoms with van der Waals surface area (Å²) >= 11 is 1.90. The Morgan fingerprint density at radius 2 is 1.88 bits per heavy atom. The molecule has 4 heterocycles. The van der Waals surface area contributed by atoms with Gasteiger partial charge < -0.3 is 15.0 Å². The number of amides is 1.